The fourth-order valence-corrected chi connectivity index (χ4v) is 1.25. The molecular formula is C10H7N3O3. The van der Waals surface area contributed by atoms with Crippen LogP contribution in [0.15, 0.2) is 43.0 Å². The molecule has 0 atom stereocenters. The molecule has 0 aliphatic carbocycles. The van der Waals surface area contributed by atoms with Crippen LogP contribution < -0.4 is 0 Å². The lowest BCUT2D eigenvalue weighted by Crippen LogP contribution is -2.09. The van der Waals surface area contributed by atoms with Gasteiger partial charge >= 0.3 is 0 Å². The number of carbonyl (C=O) groups excluding carboxylic acids is 1. The van der Waals surface area contributed by atoms with Crippen molar-refractivity contribution in [2.75, 3.05) is 0 Å². The molecule has 80 valence electrons. The van der Waals surface area contributed by atoms with Gasteiger partial charge < -0.3 is 0 Å². The molecule has 0 fully saturated rings. The summed E-state index contributed by atoms with van der Waals surface area (Å²) in [6, 6.07) is 5.43. The zero-order valence-electron chi connectivity index (χ0n) is 8.11. The first-order chi connectivity index (χ1) is 7.68. The summed E-state index contributed by atoms with van der Waals surface area (Å²) in [6.45, 7) is 0. The third kappa shape index (κ3) is 1.81. The Morgan fingerprint density at radius 1 is 1.31 bits per heavy atom. The maximum Gasteiger partial charge on any atom is 0.269 e. The molecule has 0 aliphatic rings. The van der Waals surface area contributed by atoms with Crippen LogP contribution in [0.3, 0.4) is 0 Å². The van der Waals surface area contributed by atoms with Gasteiger partial charge in [-0.2, -0.15) is 0 Å². The number of aromatic nitrogens is 2. The van der Waals surface area contributed by atoms with E-state index in [1.54, 1.807) is 0 Å². The second-order valence-electron chi connectivity index (χ2n) is 3.08. The van der Waals surface area contributed by atoms with Gasteiger partial charge in [0.1, 0.15) is 6.33 Å². The lowest BCUT2D eigenvalue weighted by atomic mass is 10.2. The topological polar surface area (TPSA) is 78.0 Å². The standard InChI is InChI=1S/C10H7N3O3/c14-10(12-6-5-11-7-12)8-1-3-9(4-2-8)13(15)16/h1-7H. The number of nitro benzene ring substituents is 1. The highest BCUT2D eigenvalue weighted by molar-refractivity contribution is 5.95. The number of nitro groups is 1. The fraction of sp³-hybridized carbons (Fsp3) is 0. The predicted octanol–water partition coefficient (Wildman–Crippen LogP) is 1.48. The molecule has 1 aromatic heterocycles. The van der Waals surface area contributed by atoms with Crippen LogP contribution in [0.25, 0.3) is 0 Å². The molecule has 2 aromatic rings. The van der Waals surface area contributed by atoms with Crippen LogP contribution >= 0.6 is 0 Å². The van der Waals surface area contributed by atoms with Crippen LogP contribution in [-0.4, -0.2) is 20.4 Å². The summed E-state index contributed by atoms with van der Waals surface area (Å²) in [4.78, 5) is 25.4. The number of hydrogen-bond donors (Lipinski definition) is 0. The van der Waals surface area contributed by atoms with Crippen LogP contribution in [-0.2, 0) is 0 Å². The highest BCUT2D eigenvalue weighted by atomic mass is 16.6. The first-order valence-corrected chi connectivity index (χ1v) is 4.45. The number of non-ortho nitro benzene ring substituents is 1. The highest BCUT2D eigenvalue weighted by Crippen LogP contribution is 2.12. The van der Waals surface area contributed by atoms with E-state index in [-0.39, 0.29) is 11.6 Å². The number of carbonyl (C=O) groups is 1. The van der Waals surface area contributed by atoms with Crippen LogP contribution in [0.5, 0.6) is 0 Å². The number of benzene rings is 1. The maximum absolute atomic E-state index is 11.7. The molecule has 0 saturated heterocycles. The molecule has 2 rings (SSSR count). The molecule has 6 heteroatoms. The Hall–Kier alpha value is -2.50. The minimum absolute atomic E-state index is 0.0396. The van der Waals surface area contributed by atoms with Crippen LogP contribution in [0.2, 0.25) is 0 Å². The van der Waals surface area contributed by atoms with Gasteiger partial charge in [-0.1, -0.05) is 0 Å². The Morgan fingerprint density at radius 3 is 2.50 bits per heavy atom. The van der Waals surface area contributed by atoms with Gasteiger partial charge in [-0.05, 0) is 12.1 Å². The number of nitrogens with zero attached hydrogens (tertiary/aromatic N) is 3. The van der Waals surface area contributed by atoms with E-state index in [1.165, 1.54) is 47.6 Å². The zero-order chi connectivity index (χ0) is 11.5. The van der Waals surface area contributed by atoms with E-state index in [0.717, 1.165) is 0 Å². The largest absolute Gasteiger partial charge is 0.272 e. The molecule has 0 amide bonds. The second kappa shape index (κ2) is 3.93. The normalized spacial score (nSPS) is 10.0. The first kappa shape index (κ1) is 10.0. The third-order valence-corrected chi connectivity index (χ3v) is 2.06. The van der Waals surface area contributed by atoms with Gasteiger partial charge in [0.05, 0.1) is 4.92 Å². The molecule has 1 aromatic carbocycles. The quantitative estimate of drug-likeness (QED) is 0.563. The minimum atomic E-state index is -0.508. The molecule has 0 radical (unpaired) electrons. The zero-order valence-corrected chi connectivity index (χ0v) is 8.11. The number of rotatable bonds is 2. The van der Waals surface area contributed by atoms with E-state index in [2.05, 4.69) is 4.98 Å². The van der Waals surface area contributed by atoms with Crippen molar-refractivity contribution in [3.8, 4) is 0 Å². The Labute approximate surface area is 90.3 Å². The number of imidazole rings is 1. The van der Waals surface area contributed by atoms with Gasteiger partial charge in [0, 0.05) is 30.1 Å². The maximum atomic E-state index is 11.7. The van der Waals surface area contributed by atoms with Crippen molar-refractivity contribution >= 4 is 11.6 Å². The minimum Gasteiger partial charge on any atom is -0.272 e. The molecular weight excluding hydrogens is 210 g/mol. The van der Waals surface area contributed by atoms with Gasteiger partial charge in [-0.25, -0.2) is 4.98 Å². The van der Waals surface area contributed by atoms with Gasteiger partial charge in [-0.3, -0.25) is 19.5 Å². The van der Waals surface area contributed by atoms with Crippen LogP contribution in [0.1, 0.15) is 10.4 Å². The molecule has 6 nitrogen and oxygen atoms in total. The summed E-state index contributed by atoms with van der Waals surface area (Å²) in [5.74, 6) is -0.271. The van der Waals surface area contributed by atoms with Gasteiger partial charge in [0.15, 0.2) is 0 Å². The van der Waals surface area contributed by atoms with E-state index < -0.39 is 4.92 Å². The van der Waals surface area contributed by atoms with Crippen LogP contribution in [0, 0.1) is 10.1 Å². The summed E-state index contributed by atoms with van der Waals surface area (Å²) in [5, 5.41) is 10.4. The summed E-state index contributed by atoms with van der Waals surface area (Å²) < 4.78 is 1.31. The van der Waals surface area contributed by atoms with E-state index >= 15 is 0 Å². The number of hydrogen-bond acceptors (Lipinski definition) is 4. The highest BCUT2D eigenvalue weighted by Gasteiger charge is 2.10. The lowest BCUT2D eigenvalue weighted by Gasteiger charge is -2.00. The predicted molar refractivity (Wildman–Crippen MR) is 55.1 cm³/mol. The van der Waals surface area contributed by atoms with E-state index in [1.807, 2.05) is 0 Å². The molecule has 0 aliphatic heterocycles. The monoisotopic (exact) mass is 217 g/mol. The Kier molecular flexibility index (Phi) is 2.47. The fourth-order valence-electron chi connectivity index (χ4n) is 1.25. The summed E-state index contributed by atoms with van der Waals surface area (Å²) in [5.41, 5.74) is 0.339. The first-order valence-electron chi connectivity index (χ1n) is 4.45. The van der Waals surface area contributed by atoms with E-state index in [9.17, 15) is 14.9 Å². The average molecular weight is 217 g/mol. The van der Waals surface area contributed by atoms with Crippen molar-refractivity contribution in [1.82, 2.24) is 9.55 Å². The smallest absolute Gasteiger partial charge is 0.269 e. The molecule has 1 heterocycles. The van der Waals surface area contributed by atoms with Gasteiger partial charge in [0.25, 0.3) is 11.6 Å². The van der Waals surface area contributed by atoms with Gasteiger partial charge in [0.2, 0.25) is 0 Å². The van der Waals surface area contributed by atoms with E-state index in [4.69, 9.17) is 0 Å². The van der Waals surface area contributed by atoms with Crippen molar-refractivity contribution in [2.24, 2.45) is 0 Å². The van der Waals surface area contributed by atoms with Crippen molar-refractivity contribution in [1.29, 1.82) is 0 Å². The van der Waals surface area contributed by atoms with Gasteiger partial charge in [-0.15, -0.1) is 0 Å². The van der Waals surface area contributed by atoms with Crippen LogP contribution in [0.4, 0.5) is 5.69 Å². The van der Waals surface area contributed by atoms with Crippen molar-refractivity contribution < 1.29 is 9.72 Å². The average Bonchev–Trinajstić information content (AvgIpc) is 2.81. The van der Waals surface area contributed by atoms with Crippen molar-refractivity contribution in [2.45, 2.75) is 0 Å². The summed E-state index contributed by atoms with van der Waals surface area (Å²) in [6.07, 6.45) is 4.39. The Bertz CT molecular complexity index is 517. The molecule has 16 heavy (non-hydrogen) atoms. The second-order valence-corrected chi connectivity index (χ2v) is 3.08. The van der Waals surface area contributed by atoms with Crippen molar-refractivity contribution in [3.05, 3.63) is 58.7 Å². The third-order valence-electron chi connectivity index (χ3n) is 2.06. The molecule has 0 bridgehead atoms. The van der Waals surface area contributed by atoms with E-state index in [0.29, 0.717) is 5.56 Å². The SMILES string of the molecule is O=C(c1ccc([N+](=O)[O-])cc1)n1ccnc1. The lowest BCUT2D eigenvalue weighted by molar-refractivity contribution is -0.384. The molecule has 0 saturated carbocycles. The Morgan fingerprint density at radius 2 is 2.00 bits per heavy atom. The Balaban J connectivity index is 2.29. The molecule has 0 N–H and O–H groups in total. The summed E-state index contributed by atoms with van der Waals surface area (Å²) >= 11 is 0. The summed E-state index contributed by atoms with van der Waals surface area (Å²) in [7, 11) is 0. The molecule has 0 unspecified atom stereocenters. The van der Waals surface area contributed by atoms with Crippen molar-refractivity contribution in [3.63, 3.8) is 0 Å². The molecule has 0 spiro atoms.